The van der Waals surface area contributed by atoms with E-state index >= 15 is 0 Å². The maximum atomic E-state index is 12.5. The molecular formula is C20H20ClN5O5S. The molecule has 0 spiro atoms. The van der Waals surface area contributed by atoms with Gasteiger partial charge >= 0.3 is 5.97 Å². The van der Waals surface area contributed by atoms with Crippen molar-refractivity contribution in [3.05, 3.63) is 45.2 Å². The smallest absolute Gasteiger partial charge is 0.350 e. The van der Waals surface area contributed by atoms with E-state index < -0.39 is 11.9 Å². The molecule has 0 fully saturated rings. The molecule has 10 nitrogen and oxygen atoms in total. The van der Waals surface area contributed by atoms with Gasteiger partial charge < -0.3 is 19.9 Å². The van der Waals surface area contributed by atoms with Crippen molar-refractivity contribution in [3.8, 4) is 11.4 Å². The molecule has 2 N–H and O–H groups in total. The summed E-state index contributed by atoms with van der Waals surface area (Å²) < 4.78 is 9.91. The molecule has 1 aromatic carbocycles. The third-order valence-corrected chi connectivity index (χ3v) is 5.36. The van der Waals surface area contributed by atoms with Crippen molar-refractivity contribution in [2.24, 2.45) is 0 Å². The maximum absolute atomic E-state index is 12.5. The van der Waals surface area contributed by atoms with E-state index in [-0.39, 0.29) is 30.6 Å². The minimum atomic E-state index is -0.480. The van der Waals surface area contributed by atoms with E-state index in [1.54, 1.807) is 32.9 Å². The summed E-state index contributed by atoms with van der Waals surface area (Å²) in [6.45, 7) is 5.36. The molecule has 0 aliphatic carbocycles. The van der Waals surface area contributed by atoms with E-state index in [2.05, 4.69) is 25.8 Å². The summed E-state index contributed by atoms with van der Waals surface area (Å²) in [7, 11) is 0. The van der Waals surface area contributed by atoms with Gasteiger partial charge in [0.1, 0.15) is 4.88 Å². The monoisotopic (exact) mass is 477 g/mol. The lowest BCUT2D eigenvalue weighted by molar-refractivity contribution is -0.116. The Hall–Kier alpha value is -3.31. The van der Waals surface area contributed by atoms with Crippen LogP contribution in [0.3, 0.4) is 0 Å². The molecule has 2 amide bonds. The van der Waals surface area contributed by atoms with Crippen LogP contribution in [0.15, 0.2) is 22.7 Å². The molecule has 0 radical (unpaired) electrons. The summed E-state index contributed by atoms with van der Waals surface area (Å²) in [5.41, 5.74) is 1.31. The molecule has 0 bridgehead atoms. The van der Waals surface area contributed by atoms with Crippen molar-refractivity contribution in [3.63, 3.8) is 0 Å². The molecule has 0 saturated carbocycles. The first-order chi connectivity index (χ1) is 15.3. The minimum absolute atomic E-state index is 0.0105. The average Bonchev–Trinajstić information content (AvgIpc) is 3.33. The molecule has 32 heavy (non-hydrogen) atoms. The summed E-state index contributed by atoms with van der Waals surface area (Å²) in [6.07, 6.45) is 0.0105. The zero-order valence-electron chi connectivity index (χ0n) is 17.5. The third kappa shape index (κ3) is 5.89. The molecule has 2 heterocycles. The second-order valence-electron chi connectivity index (χ2n) is 6.57. The van der Waals surface area contributed by atoms with Crippen LogP contribution in [-0.2, 0) is 9.53 Å². The molecule has 12 heteroatoms. The van der Waals surface area contributed by atoms with Crippen molar-refractivity contribution in [2.75, 3.05) is 18.5 Å². The fourth-order valence-electron chi connectivity index (χ4n) is 2.68. The highest BCUT2D eigenvalue weighted by molar-refractivity contribution is 7.17. The predicted molar refractivity (Wildman–Crippen MR) is 118 cm³/mol. The van der Waals surface area contributed by atoms with Crippen LogP contribution in [0.1, 0.15) is 45.0 Å². The fourth-order valence-corrected chi connectivity index (χ4v) is 3.79. The number of nitrogens with zero attached hydrogens (tertiary/aromatic N) is 3. The van der Waals surface area contributed by atoms with Crippen molar-refractivity contribution in [1.29, 1.82) is 0 Å². The number of aryl methyl sites for hydroxylation is 2. The number of carbonyl (C=O) groups is 3. The first-order valence-corrected chi connectivity index (χ1v) is 10.8. The number of esters is 1. The number of benzene rings is 1. The number of rotatable bonds is 8. The van der Waals surface area contributed by atoms with Gasteiger partial charge in [-0.05, 0) is 32.0 Å². The quantitative estimate of drug-likeness (QED) is 0.471. The van der Waals surface area contributed by atoms with E-state index in [1.165, 1.54) is 6.07 Å². The fraction of sp³-hybridized carbons (Fsp3) is 0.300. The molecule has 168 valence electrons. The van der Waals surface area contributed by atoms with Crippen LogP contribution in [0.2, 0.25) is 5.02 Å². The van der Waals surface area contributed by atoms with E-state index in [9.17, 15) is 14.4 Å². The second kappa shape index (κ2) is 10.3. The largest absolute Gasteiger partial charge is 0.462 e. The van der Waals surface area contributed by atoms with Gasteiger partial charge in [0, 0.05) is 36.0 Å². The highest BCUT2D eigenvalue weighted by Gasteiger charge is 2.18. The van der Waals surface area contributed by atoms with Gasteiger partial charge in [0.15, 0.2) is 5.13 Å². The number of anilines is 1. The van der Waals surface area contributed by atoms with Gasteiger partial charge in [-0.3, -0.25) is 9.59 Å². The normalized spacial score (nSPS) is 10.6. The first-order valence-electron chi connectivity index (χ1n) is 9.60. The maximum Gasteiger partial charge on any atom is 0.350 e. The molecule has 0 aliphatic rings. The number of hydrogen-bond donors (Lipinski definition) is 2. The first kappa shape index (κ1) is 23.4. The zero-order chi connectivity index (χ0) is 23.3. The molecule has 0 atom stereocenters. The van der Waals surface area contributed by atoms with Gasteiger partial charge in [0.25, 0.3) is 5.91 Å². The number of halogens is 1. The molecule has 2 aromatic heterocycles. The molecule has 0 unspecified atom stereocenters. The van der Waals surface area contributed by atoms with E-state index in [0.717, 1.165) is 11.3 Å². The highest BCUT2D eigenvalue weighted by Crippen LogP contribution is 2.24. The van der Waals surface area contributed by atoms with Gasteiger partial charge in [-0.25, -0.2) is 9.78 Å². The van der Waals surface area contributed by atoms with Gasteiger partial charge in [0.2, 0.25) is 17.6 Å². The van der Waals surface area contributed by atoms with Crippen LogP contribution >= 0.6 is 22.9 Å². The van der Waals surface area contributed by atoms with E-state index in [1.807, 2.05) is 0 Å². The molecule has 3 rings (SSSR count). The topological polar surface area (TPSA) is 136 Å². The van der Waals surface area contributed by atoms with Crippen LogP contribution in [0.25, 0.3) is 11.4 Å². The number of aromatic nitrogens is 3. The Morgan fingerprint density at radius 2 is 1.97 bits per heavy atom. The number of nitrogens with one attached hydrogen (secondary N) is 2. The lowest BCUT2D eigenvalue weighted by atomic mass is 10.1. The Morgan fingerprint density at radius 1 is 1.19 bits per heavy atom. The molecule has 3 aromatic rings. The summed E-state index contributed by atoms with van der Waals surface area (Å²) >= 11 is 7.15. The lowest BCUT2D eigenvalue weighted by Crippen LogP contribution is -2.27. The Labute approximate surface area is 192 Å². The Bertz CT molecular complexity index is 1160. The van der Waals surface area contributed by atoms with Crippen molar-refractivity contribution in [2.45, 2.75) is 27.2 Å². The number of carbonyl (C=O) groups excluding carboxylic acids is 3. The minimum Gasteiger partial charge on any atom is -0.462 e. The van der Waals surface area contributed by atoms with Gasteiger partial charge in [0.05, 0.1) is 12.3 Å². The Kier molecular flexibility index (Phi) is 7.54. The van der Waals surface area contributed by atoms with Crippen molar-refractivity contribution in [1.82, 2.24) is 20.4 Å². The third-order valence-electron chi connectivity index (χ3n) is 4.09. The average molecular weight is 478 g/mol. The van der Waals surface area contributed by atoms with Crippen LogP contribution in [0, 0.1) is 13.8 Å². The predicted octanol–water partition coefficient (Wildman–Crippen LogP) is 3.40. The molecule has 0 aliphatic heterocycles. The van der Waals surface area contributed by atoms with Crippen molar-refractivity contribution >= 4 is 45.9 Å². The molecule has 0 saturated heterocycles. The molecular weight excluding hydrogens is 458 g/mol. The highest BCUT2D eigenvalue weighted by atomic mass is 35.5. The lowest BCUT2D eigenvalue weighted by Gasteiger charge is -2.07. The van der Waals surface area contributed by atoms with E-state index in [0.29, 0.717) is 38.4 Å². The number of ether oxygens (including phenoxy) is 1. The van der Waals surface area contributed by atoms with E-state index in [4.69, 9.17) is 20.9 Å². The number of amides is 2. The van der Waals surface area contributed by atoms with Crippen LogP contribution < -0.4 is 10.6 Å². The second-order valence-corrected chi connectivity index (χ2v) is 8.01. The van der Waals surface area contributed by atoms with Gasteiger partial charge in [-0.2, -0.15) is 4.98 Å². The summed E-state index contributed by atoms with van der Waals surface area (Å²) in [6, 6.07) is 4.71. The van der Waals surface area contributed by atoms with Crippen LogP contribution in [0.5, 0.6) is 0 Å². The summed E-state index contributed by atoms with van der Waals surface area (Å²) in [4.78, 5) is 45.1. The van der Waals surface area contributed by atoms with Crippen LogP contribution in [-0.4, -0.2) is 46.1 Å². The number of thiazole rings is 1. The standard InChI is InChI=1S/C20H20ClN5O5S/c1-4-30-19(29)16-10(2)23-20(32-16)25-15(27)5-6-22-18(28)13-7-12(8-14(21)9-13)17-24-11(3)31-26-17/h7-9H,4-6H2,1-3H3,(H,22,28)(H,23,25,27). The van der Waals surface area contributed by atoms with Gasteiger partial charge in [-0.15, -0.1) is 0 Å². The number of hydrogen-bond acceptors (Lipinski definition) is 9. The zero-order valence-corrected chi connectivity index (χ0v) is 19.1. The van der Waals surface area contributed by atoms with Crippen molar-refractivity contribution < 1.29 is 23.6 Å². The van der Waals surface area contributed by atoms with Crippen LogP contribution in [0.4, 0.5) is 5.13 Å². The Morgan fingerprint density at radius 3 is 2.66 bits per heavy atom. The summed E-state index contributed by atoms with van der Waals surface area (Å²) in [5.74, 6) is -0.534. The van der Waals surface area contributed by atoms with Gasteiger partial charge in [-0.1, -0.05) is 28.1 Å². The summed E-state index contributed by atoms with van der Waals surface area (Å²) in [5, 5.41) is 9.73. The Balaban J connectivity index is 1.55. The SMILES string of the molecule is CCOC(=O)c1sc(NC(=O)CCNC(=O)c2cc(Cl)cc(-c3noc(C)n3)c2)nc1C.